The molecule has 0 fully saturated rings. The molecular formula is C15H15N3O4S. The number of nitrogens with zero attached hydrogens (tertiary/aromatic N) is 2. The van der Waals surface area contributed by atoms with E-state index in [2.05, 4.69) is 15.8 Å². The van der Waals surface area contributed by atoms with Gasteiger partial charge in [0.05, 0.1) is 42.6 Å². The minimum atomic E-state index is -0.765. The lowest BCUT2D eigenvalue weighted by Gasteiger charge is -2.27. The first-order chi connectivity index (χ1) is 11.0. The second kappa shape index (κ2) is 7.15. The summed E-state index contributed by atoms with van der Waals surface area (Å²) in [6.07, 6.45) is 1.46. The summed E-state index contributed by atoms with van der Waals surface area (Å²) in [5, 5.41) is 9.91. The maximum atomic E-state index is 11.8. The number of amides is 1. The fourth-order valence-corrected chi connectivity index (χ4v) is 3.30. The predicted octanol–water partition coefficient (Wildman–Crippen LogP) is 1.58. The van der Waals surface area contributed by atoms with E-state index in [0.29, 0.717) is 16.5 Å². The third kappa shape index (κ3) is 3.46. The van der Waals surface area contributed by atoms with Crippen molar-refractivity contribution in [3.8, 4) is 6.07 Å². The van der Waals surface area contributed by atoms with Crippen LogP contribution in [-0.2, 0) is 14.3 Å². The Morgan fingerprint density at radius 3 is 2.83 bits per heavy atom. The van der Waals surface area contributed by atoms with E-state index in [0.717, 1.165) is 11.8 Å². The number of nitrogens with two attached hydrogens (primary N) is 1. The second-order valence-electron chi connectivity index (χ2n) is 4.82. The normalized spacial score (nSPS) is 20.7. The molecule has 2 rings (SSSR count). The fourth-order valence-electron chi connectivity index (χ4n) is 2.39. The van der Waals surface area contributed by atoms with Crippen LogP contribution in [0.3, 0.4) is 0 Å². The van der Waals surface area contributed by atoms with Crippen LogP contribution in [0.2, 0.25) is 0 Å². The van der Waals surface area contributed by atoms with Gasteiger partial charge in [0.15, 0.2) is 0 Å². The van der Waals surface area contributed by atoms with Gasteiger partial charge >= 0.3 is 5.97 Å². The summed E-state index contributed by atoms with van der Waals surface area (Å²) in [5.41, 5.74) is 6.22. The number of nitriles is 1. The van der Waals surface area contributed by atoms with Crippen LogP contribution in [-0.4, -0.2) is 30.5 Å². The largest absolute Gasteiger partial charge is 0.469 e. The number of carbonyl (C=O) groups is 2. The first-order valence-electron chi connectivity index (χ1n) is 6.71. The zero-order valence-electron chi connectivity index (χ0n) is 12.6. The highest BCUT2D eigenvalue weighted by Crippen LogP contribution is 2.41. The number of methoxy groups -OCH3 is 1. The van der Waals surface area contributed by atoms with Gasteiger partial charge < -0.3 is 14.9 Å². The van der Waals surface area contributed by atoms with Gasteiger partial charge in [-0.05, 0) is 19.1 Å². The van der Waals surface area contributed by atoms with Crippen LogP contribution in [0, 0.1) is 17.2 Å². The van der Waals surface area contributed by atoms with Gasteiger partial charge in [-0.15, -0.1) is 0 Å². The Balaban J connectivity index is 2.47. The molecule has 2 heterocycles. The summed E-state index contributed by atoms with van der Waals surface area (Å²) in [6.45, 7) is 1.66. The molecular weight excluding hydrogens is 318 g/mol. The molecule has 1 aliphatic rings. The predicted molar refractivity (Wildman–Crippen MR) is 84.4 cm³/mol. The SMILES string of the molecule is COC(=O)CSC1=C(C#N)[C@H](c2ccco2)C(C(N)=O)C(C)=N1. The quantitative estimate of drug-likeness (QED) is 0.817. The molecule has 2 atom stereocenters. The molecule has 1 unspecified atom stereocenters. The molecule has 120 valence electrons. The average molecular weight is 333 g/mol. The second-order valence-corrected chi connectivity index (χ2v) is 5.79. The zero-order valence-corrected chi connectivity index (χ0v) is 13.4. The number of primary amides is 1. The first kappa shape index (κ1) is 16.8. The summed E-state index contributed by atoms with van der Waals surface area (Å²) in [6, 6.07) is 5.42. The van der Waals surface area contributed by atoms with Crippen molar-refractivity contribution in [3.63, 3.8) is 0 Å². The number of allylic oxidation sites excluding steroid dienone is 1. The summed E-state index contributed by atoms with van der Waals surface area (Å²) in [5.74, 6) is -1.96. The maximum Gasteiger partial charge on any atom is 0.316 e. The minimum Gasteiger partial charge on any atom is -0.469 e. The molecule has 1 aliphatic heterocycles. The Kier molecular flexibility index (Phi) is 5.24. The van der Waals surface area contributed by atoms with Gasteiger partial charge in [-0.3, -0.25) is 9.59 Å². The first-order valence-corrected chi connectivity index (χ1v) is 7.70. The molecule has 1 amide bonds. The van der Waals surface area contributed by atoms with E-state index in [1.54, 1.807) is 19.1 Å². The molecule has 0 spiro atoms. The number of rotatable bonds is 5. The van der Waals surface area contributed by atoms with Crippen LogP contribution in [0.25, 0.3) is 0 Å². The van der Waals surface area contributed by atoms with Crippen molar-refractivity contribution in [1.29, 1.82) is 5.26 Å². The van der Waals surface area contributed by atoms with Gasteiger partial charge in [-0.25, -0.2) is 4.99 Å². The number of carbonyl (C=O) groups excluding carboxylic acids is 2. The van der Waals surface area contributed by atoms with Crippen LogP contribution < -0.4 is 5.73 Å². The van der Waals surface area contributed by atoms with Gasteiger partial charge in [0, 0.05) is 5.71 Å². The van der Waals surface area contributed by atoms with Crippen molar-refractivity contribution >= 4 is 29.4 Å². The molecule has 2 N–H and O–H groups in total. The van der Waals surface area contributed by atoms with E-state index in [9.17, 15) is 14.9 Å². The Hall–Kier alpha value is -2.53. The third-order valence-electron chi connectivity index (χ3n) is 3.43. The number of furan rings is 1. The molecule has 0 bridgehead atoms. The van der Waals surface area contributed by atoms with E-state index in [-0.39, 0.29) is 11.3 Å². The monoisotopic (exact) mass is 333 g/mol. The van der Waals surface area contributed by atoms with Crippen molar-refractivity contribution < 1.29 is 18.7 Å². The number of hydrogen-bond acceptors (Lipinski definition) is 7. The van der Waals surface area contributed by atoms with E-state index >= 15 is 0 Å². The molecule has 1 aromatic rings. The molecule has 0 saturated carbocycles. The summed E-state index contributed by atoms with van der Waals surface area (Å²) in [7, 11) is 1.28. The van der Waals surface area contributed by atoms with Crippen molar-refractivity contribution in [3.05, 3.63) is 34.8 Å². The van der Waals surface area contributed by atoms with E-state index < -0.39 is 23.7 Å². The summed E-state index contributed by atoms with van der Waals surface area (Å²) >= 11 is 1.08. The molecule has 1 aromatic heterocycles. The number of hydrogen-bond donors (Lipinski definition) is 1. The highest BCUT2D eigenvalue weighted by molar-refractivity contribution is 8.03. The van der Waals surface area contributed by atoms with Crippen LogP contribution >= 0.6 is 11.8 Å². The fraction of sp³-hybridized carbons (Fsp3) is 0.333. The van der Waals surface area contributed by atoms with Crippen LogP contribution in [0.1, 0.15) is 18.6 Å². The van der Waals surface area contributed by atoms with E-state index in [4.69, 9.17) is 10.2 Å². The van der Waals surface area contributed by atoms with E-state index in [1.807, 2.05) is 0 Å². The Bertz CT molecular complexity index is 716. The lowest BCUT2D eigenvalue weighted by Crippen LogP contribution is -2.36. The Morgan fingerprint density at radius 1 is 1.57 bits per heavy atom. The van der Waals surface area contributed by atoms with Crippen molar-refractivity contribution in [2.75, 3.05) is 12.9 Å². The van der Waals surface area contributed by atoms with Crippen molar-refractivity contribution in [1.82, 2.24) is 0 Å². The van der Waals surface area contributed by atoms with Crippen LogP contribution in [0.5, 0.6) is 0 Å². The van der Waals surface area contributed by atoms with Gasteiger partial charge in [0.1, 0.15) is 10.8 Å². The number of thioether (sulfide) groups is 1. The maximum absolute atomic E-state index is 11.8. The summed E-state index contributed by atoms with van der Waals surface area (Å²) < 4.78 is 9.97. The molecule has 0 aromatic carbocycles. The number of aliphatic imine (C=N–C) groups is 1. The molecule has 0 radical (unpaired) electrons. The van der Waals surface area contributed by atoms with E-state index in [1.165, 1.54) is 13.4 Å². The molecule has 0 saturated heterocycles. The van der Waals surface area contributed by atoms with Gasteiger partial charge in [-0.2, -0.15) is 5.26 Å². The smallest absolute Gasteiger partial charge is 0.316 e. The Morgan fingerprint density at radius 2 is 2.30 bits per heavy atom. The lowest BCUT2D eigenvalue weighted by molar-refractivity contribution is -0.137. The molecule has 23 heavy (non-hydrogen) atoms. The molecule has 8 heteroatoms. The molecule has 7 nitrogen and oxygen atoms in total. The van der Waals surface area contributed by atoms with Crippen LogP contribution in [0.15, 0.2) is 38.4 Å². The number of esters is 1. The zero-order chi connectivity index (χ0) is 17.0. The van der Waals surface area contributed by atoms with Gasteiger partial charge in [0.2, 0.25) is 5.91 Å². The highest BCUT2D eigenvalue weighted by Gasteiger charge is 2.40. The highest BCUT2D eigenvalue weighted by atomic mass is 32.2. The topological polar surface area (TPSA) is 119 Å². The Labute approximate surface area is 137 Å². The molecule has 0 aliphatic carbocycles. The standard InChI is InChI=1S/C15H15N3O4S/c1-8-12(14(17)20)13(10-4-3-5-22-10)9(6-16)15(18-8)23-7-11(19)21-2/h3-5,12-13H,7H2,1-2H3,(H2,17,20)/t12?,13-/m1/s1. The third-order valence-corrected chi connectivity index (χ3v) is 4.40. The van der Waals surface area contributed by atoms with Crippen LogP contribution in [0.4, 0.5) is 0 Å². The number of ether oxygens (including phenoxy) is 1. The van der Waals surface area contributed by atoms with Gasteiger partial charge in [0.25, 0.3) is 0 Å². The van der Waals surface area contributed by atoms with Crippen molar-refractivity contribution in [2.24, 2.45) is 16.6 Å². The lowest BCUT2D eigenvalue weighted by atomic mass is 9.80. The van der Waals surface area contributed by atoms with Crippen molar-refractivity contribution in [2.45, 2.75) is 12.8 Å². The minimum absolute atomic E-state index is 0.0138. The summed E-state index contributed by atoms with van der Waals surface area (Å²) in [4.78, 5) is 27.5. The average Bonchev–Trinajstić information content (AvgIpc) is 3.05. The van der Waals surface area contributed by atoms with Gasteiger partial charge in [-0.1, -0.05) is 11.8 Å².